The van der Waals surface area contributed by atoms with Gasteiger partial charge in [-0.15, -0.1) is 0 Å². The predicted molar refractivity (Wildman–Crippen MR) is 104 cm³/mol. The Hall–Kier alpha value is -3.67. The van der Waals surface area contributed by atoms with Gasteiger partial charge >= 0.3 is 5.91 Å². The van der Waals surface area contributed by atoms with Crippen molar-refractivity contribution in [3.05, 3.63) is 88.7 Å². The van der Waals surface area contributed by atoms with Gasteiger partial charge in [-0.1, -0.05) is 65.3 Å². The summed E-state index contributed by atoms with van der Waals surface area (Å²) in [6.45, 7) is 3.66. The van der Waals surface area contributed by atoms with Crippen molar-refractivity contribution in [2.45, 2.75) is 19.9 Å². The molecule has 6 nitrogen and oxygen atoms in total. The Labute approximate surface area is 161 Å². The highest BCUT2D eigenvalue weighted by molar-refractivity contribution is 6.51. The average Bonchev–Trinajstić information content (AvgIpc) is 3.24. The Bertz CT molecular complexity index is 1080. The lowest BCUT2D eigenvalue weighted by molar-refractivity contribution is -0.132. The number of nitrogens with zero attached hydrogens (tertiary/aromatic N) is 2. The SMILES string of the molecule is Cc1ccc([C@@H]2C(=C(O)c3ccccc3)C(=O)C(=O)N2c2cc(C)on2)cc1. The fraction of sp³-hybridized carbons (Fsp3) is 0.136. The van der Waals surface area contributed by atoms with Gasteiger partial charge in [-0.3, -0.25) is 14.5 Å². The van der Waals surface area contributed by atoms with Crippen molar-refractivity contribution >= 4 is 23.3 Å². The minimum absolute atomic E-state index is 0.0284. The van der Waals surface area contributed by atoms with Gasteiger partial charge in [0, 0.05) is 11.6 Å². The summed E-state index contributed by atoms with van der Waals surface area (Å²) in [6, 6.07) is 17.0. The molecule has 0 aliphatic carbocycles. The van der Waals surface area contributed by atoms with Gasteiger partial charge in [0.1, 0.15) is 11.5 Å². The first kappa shape index (κ1) is 17.7. The molecule has 1 aliphatic rings. The molecule has 1 saturated heterocycles. The third kappa shape index (κ3) is 2.89. The first-order valence-electron chi connectivity index (χ1n) is 8.83. The number of carbonyl (C=O) groups excluding carboxylic acids is 2. The Morgan fingerprint density at radius 1 is 1.04 bits per heavy atom. The van der Waals surface area contributed by atoms with Gasteiger partial charge in [0.15, 0.2) is 5.82 Å². The molecule has 0 spiro atoms. The number of Topliss-reactive ketones (excluding diaryl/α,β-unsaturated/α-hetero) is 1. The van der Waals surface area contributed by atoms with Gasteiger partial charge in [-0.25, -0.2) is 0 Å². The fourth-order valence-electron chi connectivity index (χ4n) is 3.35. The van der Waals surface area contributed by atoms with Gasteiger partial charge in [0.2, 0.25) is 0 Å². The van der Waals surface area contributed by atoms with Gasteiger partial charge in [-0.2, -0.15) is 0 Å². The van der Waals surface area contributed by atoms with Crippen LogP contribution in [0.3, 0.4) is 0 Å². The molecular formula is C22H18N2O4. The van der Waals surface area contributed by atoms with Gasteiger partial charge in [0.05, 0.1) is 11.6 Å². The molecule has 0 unspecified atom stereocenters. The van der Waals surface area contributed by atoms with Crippen LogP contribution in [-0.2, 0) is 9.59 Å². The lowest BCUT2D eigenvalue weighted by Gasteiger charge is -2.23. The van der Waals surface area contributed by atoms with Crippen LogP contribution in [-0.4, -0.2) is 22.0 Å². The summed E-state index contributed by atoms with van der Waals surface area (Å²) >= 11 is 0. The molecule has 28 heavy (non-hydrogen) atoms. The van der Waals surface area contributed by atoms with Gasteiger partial charge in [-0.05, 0) is 19.4 Å². The van der Waals surface area contributed by atoms with E-state index in [9.17, 15) is 14.7 Å². The lowest BCUT2D eigenvalue weighted by atomic mass is 9.95. The van der Waals surface area contributed by atoms with E-state index in [1.165, 1.54) is 4.90 Å². The quantitative estimate of drug-likeness (QED) is 0.427. The molecule has 1 N–H and O–H groups in total. The number of carbonyl (C=O) groups is 2. The molecule has 1 fully saturated rings. The van der Waals surface area contributed by atoms with Crippen LogP contribution in [0.1, 0.15) is 28.5 Å². The Morgan fingerprint density at radius 2 is 1.71 bits per heavy atom. The van der Waals surface area contributed by atoms with Crippen LogP contribution < -0.4 is 4.90 Å². The summed E-state index contributed by atoms with van der Waals surface area (Å²) < 4.78 is 5.11. The van der Waals surface area contributed by atoms with Crippen LogP contribution >= 0.6 is 0 Å². The molecule has 1 aromatic heterocycles. The largest absolute Gasteiger partial charge is 0.507 e. The number of ketones is 1. The summed E-state index contributed by atoms with van der Waals surface area (Å²) in [4.78, 5) is 27.0. The molecule has 0 saturated carbocycles. The number of hydrogen-bond acceptors (Lipinski definition) is 5. The normalized spacial score (nSPS) is 18.6. The molecule has 1 aliphatic heterocycles. The van der Waals surface area contributed by atoms with Crippen molar-refractivity contribution < 1.29 is 19.2 Å². The lowest BCUT2D eigenvalue weighted by Crippen LogP contribution is -2.29. The van der Waals surface area contributed by atoms with Crippen LogP contribution in [0.4, 0.5) is 5.82 Å². The number of anilines is 1. The Kier molecular flexibility index (Phi) is 4.31. The number of aliphatic hydroxyl groups excluding tert-OH is 1. The number of amides is 1. The zero-order valence-electron chi connectivity index (χ0n) is 15.4. The van der Waals surface area contributed by atoms with E-state index in [0.717, 1.165) is 5.56 Å². The van der Waals surface area contributed by atoms with Gasteiger partial charge < -0.3 is 9.63 Å². The van der Waals surface area contributed by atoms with E-state index in [1.54, 1.807) is 37.3 Å². The highest BCUT2D eigenvalue weighted by atomic mass is 16.5. The molecule has 4 rings (SSSR count). The van der Waals surface area contributed by atoms with E-state index in [1.807, 2.05) is 37.3 Å². The van der Waals surface area contributed by atoms with Gasteiger partial charge in [0.25, 0.3) is 5.78 Å². The maximum atomic E-state index is 12.9. The third-order valence-electron chi connectivity index (χ3n) is 4.75. The standard InChI is InChI=1S/C22H18N2O4/c1-13-8-10-15(11-9-13)19-18(20(25)16-6-4-3-5-7-16)21(26)22(27)24(19)17-12-14(2)28-23-17/h3-12,19,25H,1-2H3/t19-/m1/s1. The van der Waals surface area contributed by atoms with Crippen molar-refractivity contribution in [2.75, 3.05) is 4.90 Å². The first-order chi connectivity index (χ1) is 13.5. The molecule has 0 bridgehead atoms. The second-order valence-electron chi connectivity index (χ2n) is 6.74. The maximum Gasteiger partial charge on any atom is 0.301 e. The number of aromatic nitrogens is 1. The molecular weight excluding hydrogens is 356 g/mol. The highest BCUT2D eigenvalue weighted by Crippen LogP contribution is 2.41. The zero-order chi connectivity index (χ0) is 19.8. The van der Waals surface area contributed by atoms with Crippen molar-refractivity contribution in [2.24, 2.45) is 0 Å². The second kappa shape index (κ2) is 6.81. The summed E-state index contributed by atoms with van der Waals surface area (Å²) in [7, 11) is 0. The number of benzene rings is 2. The van der Waals surface area contributed by atoms with Crippen molar-refractivity contribution in [1.29, 1.82) is 0 Å². The van der Waals surface area contributed by atoms with E-state index >= 15 is 0 Å². The summed E-state index contributed by atoms with van der Waals surface area (Å²) in [5, 5.41) is 14.8. The molecule has 140 valence electrons. The van der Waals surface area contributed by atoms with Crippen LogP contribution in [0, 0.1) is 13.8 Å². The maximum absolute atomic E-state index is 12.9. The summed E-state index contributed by atoms with van der Waals surface area (Å²) in [5.74, 6) is -0.976. The third-order valence-corrected chi connectivity index (χ3v) is 4.75. The Morgan fingerprint density at radius 3 is 2.32 bits per heavy atom. The molecule has 0 radical (unpaired) electrons. The molecule has 2 aromatic carbocycles. The molecule has 1 atom stereocenters. The second-order valence-corrected chi connectivity index (χ2v) is 6.74. The topological polar surface area (TPSA) is 83.6 Å². The van der Waals surface area contributed by atoms with E-state index in [-0.39, 0.29) is 17.2 Å². The fourth-order valence-corrected chi connectivity index (χ4v) is 3.35. The number of aryl methyl sites for hydroxylation is 2. The van der Waals surface area contributed by atoms with E-state index in [0.29, 0.717) is 16.9 Å². The number of rotatable bonds is 3. The first-order valence-corrected chi connectivity index (χ1v) is 8.83. The van der Waals surface area contributed by atoms with Crippen molar-refractivity contribution in [3.8, 4) is 0 Å². The average molecular weight is 374 g/mol. The van der Waals surface area contributed by atoms with Crippen LogP contribution in [0.5, 0.6) is 0 Å². The van der Waals surface area contributed by atoms with Crippen molar-refractivity contribution in [1.82, 2.24) is 5.16 Å². The number of hydrogen-bond donors (Lipinski definition) is 1. The van der Waals surface area contributed by atoms with E-state index in [2.05, 4.69) is 5.16 Å². The minimum atomic E-state index is -0.801. The monoisotopic (exact) mass is 374 g/mol. The number of aliphatic hydroxyl groups is 1. The van der Waals surface area contributed by atoms with Crippen LogP contribution in [0.15, 0.2) is 70.8 Å². The predicted octanol–water partition coefficient (Wildman–Crippen LogP) is 3.92. The van der Waals surface area contributed by atoms with E-state index < -0.39 is 17.7 Å². The summed E-state index contributed by atoms with van der Waals surface area (Å²) in [6.07, 6.45) is 0. The van der Waals surface area contributed by atoms with Crippen molar-refractivity contribution in [3.63, 3.8) is 0 Å². The molecule has 2 heterocycles. The zero-order valence-corrected chi connectivity index (χ0v) is 15.4. The minimum Gasteiger partial charge on any atom is -0.507 e. The van der Waals surface area contributed by atoms with Crippen LogP contribution in [0.25, 0.3) is 5.76 Å². The molecule has 3 aromatic rings. The highest BCUT2D eigenvalue weighted by Gasteiger charge is 2.48. The molecule has 1 amide bonds. The Balaban J connectivity index is 1.94. The summed E-state index contributed by atoms with van der Waals surface area (Å²) in [5.41, 5.74) is 2.23. The molecule has 6 heteroatoms. The van der Waals surface area contributed by atoms with E-state index in [4.69, 9.17) is 4.52 Å². The van der Waals surface area contributed by atoms with Crippen LogP contribution in [0.2, 0.25) is 0 Å². The smallest absolute Gasteiger partial charge is 0.301 e.